The zero-order chi connectivity index (χ0) is 26.3. The van der Waals surface area contributed by atoms with Crippen molar-refractivity contribution in [1.29, 1.82) is 0 Å². The second kappa shape index (κ2) is 15.2. The lowest BCUT2D eigenvalue weighted by Gasteiger charge is -2.26. The van der Waals surface area contributed by atoms with Crippen molar-refractivity contribution in [2.24, 2.45) is 0 Å². The molecule has 0 unspecified atom stereocenters. The molecule has 9 nitrogen and oxygen atoms in total. The summed E-state index contributed by atoms with van der Waals surface area (Å²) >= 11 is 6.25. The maximum Gasteiger partial charge on any atom is 0.330 e. The minimum absolute atomic E-state index is 0.307. The summed E-state index contributed by atoms with van der Waals surface area (Å²) in [6.45, 7) is 4.99. The van der Waals surface area contributed by atoms with Gasteiger partial charge >= 0.3 is 17.9 Å². The number of nitrogens with zero attached hydrogens (tertiary/aromatic N) is 1. The maximum absolute atomic E-state index is 11.3. The van der Waals surface area contributed by atoms with Gasteiger partial charge < -0.3 is 29.9 Å². The molecule has 3 rings (SSSR count). The fourth-order valence-electron chi connectivity index (χ4n) is 3.28. The van der Waals surface area contributed by atoms with Gasteiger partial charge in [0.15, 0.2) is 0 Å². The summed E-state index contributed by atoms with van der Waals surface area (Å²) < 4.78 is 10.8. The van der Waals surface area contributed by atoms with Crippen molar-refractivity contribution in [3.8, 4) is 5.75 Å². The van der Waals surface area contributed by atoms with E-state index in [1.54, 1.807) is 13.0 Å². The van der Waals surface area contributed by atoms with Crippen LogP contribution in [0, 0.1) is 0 Å². The van der Waals surface area contributed by atoms with E-state index in [2.05, 4.69) is 22.3 Å². The zero-order valence-corrected chi connectivity index (χ0v) is 20.6. The fourth-order valence-corrected chi connectivity index (χ4v) is 3.45. The SMILES string of the molecule is CCOC(=O)/C=C/CNCCCN1c2ccccc2COc2ccc(Cl)cc21.O=C(O)/C=C\C(=O)O. The number of aliphatic carboxylic acids is 2. The van der Waals surface area contributed by atoms with Gasteiger partial charge in [-0.05, 0) is 44.2 Å². The minimum Gasteiger partial charge on any atom is -0.487 e. The predicted octanol–water partition coefficient (Wildman–Crippen LogP) is 4.18. The average molecular weight is 517 g/mol. The standard InChI is InChI=1S/C22H25ClN2O3.C4H4O4/c1-2-27-22(26)9-5-12-24-13-6-14-25-19-8-4-3-7-17(19)16-28-21-11-10-18(23)15-20(21)25;5-3(6)1-2-4(7)8/h3-5,7-11,15,24H,2,6,12-14,16H2,1H3;1-2H,(H,5,6)(H,7,8)/b9-5+;2-1-. The Morgan fingerprint density at radius 1 is 1.08 bits per heavy atom. The number of nitrogens with one attached hydrogen (secondary N) is 1. The van der Waals surface area contributed by atoms with Gasteiger partial charge in [-0.1, -0.05) is 35.9 Å². The molecule has 1 aliphatic rings. The van der Waals surface area contributed by atoms with Gasteiger partial charge in [0.25, 0.3) is 0 Å². The molecule has 0 aliphatic carbocycles. The number of esters is 1. The molecule has 0 saturated carbocycles. The smallest absolute Gasteiger partial charge is 0.330 e. The van der Waals surface area contributed by atoms with E-state index in [0.29, 0.717) is 36.9 Å². The number of hydrogen-bond acceptors (Lipinski definition) is 7. The van der Waals surface area contributed by atoms with Crippen molar-refractivity contribution >= 4 is 40.9 Å². The van der Waals surface area contributed by atoms with Crippen molar-refractivity contribution < 1.29 is 34.1 Å². The number of carboxylic acid groups (broad SMARTS) is 2. The molecule has 1 heterocycles. The molecule has 0 bridgehead atoms. The number of ether oxygens (including phenoxy) is 2. The van der Waals surface area contributed by atoms with Gasteiger partial charge in [0, 0.05) is 47.6 Å². The second-order valence-corrected chi connectivity index (χ2v) is 7.84. The number of benzene rings is 2. The Balaban J connectivity index is 0.000000493. The molecular formula is C26H29ClN2O7. The van der Waals surface area contributed by atoms with E-state index < -0.39 is 11.9 Å². The van der Waals surface area contributed by atoms with Crippen LogP contribution in [0.3, 0.4) is 0 Å². The van der Waals surface area contributed by atoms with Gasteiger partial charge in [-0.15, -0.1) is 0 Å². The molecule has 0 radical (unpaired) electrons. The first-order valence-electron chi connectivity index (χ1n) is 11.3. The molecule has 0 amide bonds. The van der Waals surface area contributed by atoms with Crippen molar-refractivity contribution in [2.75, 3.05) is 31.1 Å². The second-order valence-electron chi connectivity index (χ2n) is 7.40. The van der Waals surface area contributed by atoms with Crippen LogP contribution in [0.25, 0.3) is 0 Å². The highest BCUT2D eigenvalue weighted by Crippen LogP contribution is 2.40. The van der Waals surface area contributed by atoms with Gasteiger partial charge in [-0.25, -0.2) is 14.4 Å². The Labute approximate surface area is 214 Å². The van der Waals surface area contributed by atoms with Gasteiger partial charge in [0.05, 0.1) is 12.3 Å². The Hall–Kier alpha value is -3.82. The molecule has 2 aromatic rings. The Morgan fingerprint density at radius 3 is 2.50 bits per heavy atom. The van der Waals surface area contributed by atoms with Crippen molar-refractivity contribution in [2.45, 2.75) is 20.0 Å². The molecule has 0 saturated heterocycles. The van der Waals surface area contributed by atoms with Gasteiger partial charge in [0.1, 0.15) is 12.4 Å². The summed E-state index contributed by atoms with van der Waals surface area (Å²) in [7, 11) is 0. The van der Waals surface area contributed by atoms with Crippen LogP contribution in [0.4, 0.5) is 11.4 Å². The normalized spacial score (nSPS) is 12.1. The van der Waals surface area contributed by atoms with E-state index in [1.165, 1.54) is 6.08 Å². The number of carbonyl (C=O) groups excluding carboxylic acids is 1. The van der Waals surface area contributed by atoms with Crippen LogP contribution in [0.1, 0.15) is 18.9 Å². The summed E-state index contributed by atoms with van der Waals surface area (Å²) in [6, 6.07) is 14.0. The van der Waals surface area contributed by atoms with Crippen LogP contribution in [0.5, 0.6) is 5.75 Å². The quantitative estimate of drug-likeness (QED) is 0.242. The van der Waals surface area contributed by atoms with Gasteiger partial charge in [-0.3, -0.25) is 0 Å². The Bertz CT molecular complexity index is 1090. The Morgan fingerprint density at radius 2 is 1.81 bits per heavy atom. The van der Waals surface area contributed by atoms with Crippen molar-refractivity contribution in [3.63, 3.8) is 0 Å². The highest BCUT2D eigenvalue weighted by molar-refractivity contribution is 6.31. The van der Waals surface area contributed by atoms with Crippen LogP contribution < -0.4 is 15.0 Å². The number of halogens is 1. The lowest BCUT2D eigenvalue weighted by atomic mass is 10.1. The largest absolute Gasteiger partial charge is 0.487 e. The first kappa shape index (κ1) is 28.4. The van der Waals surface area contributed by atoms with Crippen LogP contribution in [0.15, 0.2) is 66.8 Å². The molecule has 3 N–H and O–H groups in total. The molecule has 0 fully saturated rings. The first-order valence-corrected chi connectivity index (χ1v) is 11.6. The lowest BCUT2D eigenvalue weighted by Crippen LogP contribution is -2.24. The molecule has 10 heteroatoms. The third-order valence-corrected chi connectivity index (χ3v) is 5.02. The summed E-state index contributed by atoms with van der Waals surface area (Å²) in [5, 5.41) is 19.6. The summed E-state index contributed by atoms with van der Waals surface area (Å²) in [5.41, 5.74) is 3.28. The molecule has 36 heavy (non-hydrogen) atoms. The van der Waals surface area contributed by atoms with E-state index in [0.717, 1.165) is 42.2 Å². The van der Waals surface area contributed by atoms with E-state index in [4.69, 9.17) is 31.3 Å². The Kier molecular flexibility index (Phi) is 12.0. The molecule has 0 atom stereocenters. The zero-order valence-electron chi connectivity index (χ0n) is 19.9. The monoisotopic (exact) mass is 516 g/mol. The van der Waals surface area contributed by atoms with Crippen molar-refractivity contribution in [3.05, 3.63) is 77.4 Å². The number of hydrogen-bond donors (Lipinski definition) is 3. The number of anilines is 2. The molecule has 2 aromatic carbocycles. The topological polar surface area (TPSA) is 125 Å². The molecule has 0 spiro atoms. The van der Waals surface area contributed by atoms with Gasteiger partial charge in [0.2, 0.25) is 0 Å². The fraction of sp³-hybridized carbons (Fsp3) is 0.269. The third-order valence-electron chi connectivity index (χ3n) is 4.78. The maximum atomic E-state index is 11.3. The number of carboxylic acids is 2. The molecule has 1 aliphatic heterocycles. The van der Waals surface area contributed by atoms with E-state index >= 15 is 0 Å². The van der Waals surface area contributed by atoms with Crippen LogP contribution >= 0.6 is 11.6 Å². The number of rotatable bonds is 10. The predicted molar refractivity (Wildman–Crippen MR) is 137 cm³/mol. The summed E-state index contributed by atoms with van der Waals surface area (Å²) in [6.07, 6.45) is 5.28. The highest BCUT2D eigenvalue weighted by Gasteiger charge is 2.21. The van der Waals surface area contributed by atoms with Crippen LogP contribution in [0.2, 0.25) is 5.02 Å². The average Bonchev–Trinajstić information content (AvgIpc) is 2.99. The molecule has 192 valence electrons. The highest BCUT2D eigenvalue weighted by atomic mass is 35.5. The lowest BCUT2D eigenvalue weighted by molar-refractivity contribution is -0.137. The number of fused-ring (bicyclic) bond motifs is 2. The van der Waals surface area contributed by atoms with Crippen LogP contribution in [-0.2, 0) is 25.7 Å². The summed E-state index contributed by atoms with van der Waals surface area (Å²) in [5.74, 6) is -1.98. The summed E-state index contributed by atoms with van der Waals surface area (Å²) in [4.78, 5) is 32.6. The number of para-hydroxylation sites is 1. The number of carbonyl (C=O) groups is 3. The van der Waals surface area contributed by atoms with E-state index in [-0.39, 0.29) is 5.97 Å². The van der Waals surface area contributed by atoms with E-state index in [1.807, 2.05) is 30.3 Å². The third kappa shape index (κ3) is 9.81. The molecule has 0 aromatic heterocycles. The minimum atomic E-state index is -1.26. The molecular weight excluding hydrogens is 488 g/mol. The van der Waals surface area contributed by atoms with Crippen molar-refractivity contribution in [1.82, 2.24) is 5.32 Å². The van der Waals surface area contributed by atoms with Crippen LogP contribution in [-0.4, -0.2) is 54.4 Å². The van der Waals surface area contributed by atoms with Gasteiger partial charge in [-0.2, -0.15) is 0 Å². The van der Waals surface area contributed by atoms with E-state index in [9.17, 15) is 14.4 Å². The first-order chi connectivity index (χ1) is 17.3.